The van der Waals surface area contributed by atoms with Gasteiger partial charge in [0.2, 0.25) is 0 Å². The zero-order valence-corrected chi connectivity index (χ0v) is 14.1. The van der Waals surface area contributed by atoms with Crippen LogP contribution in [0.4, 0.5) is 0 Å². The van der Waals surface area contributed by atoms with E-state index < -0.39 is 5.91 Å². The number of benzene rings is 2. The van der Waals surface area contributed by atoms with E-state index in [1.165, 1.54) is 6.21 Å². The quantitative estimate of drug-likeness (QED) is 0.537. The van der Waals surface area contributed by atoms with Crippen molar-refractivity contribution in [1.82, 2.24) is 15.6 Å². The first-order valence-electron chi connectivity index (χ1n) is 7.66. The zero-order valence-electron chi connectivity index (χ0n) is 14.1. The molecule has 0 atom stereocenters. The van der Waals surface area contributed by atoms with Crippen LogP contribution in [0.5, 0.6) is 11.5 Å². The first-order valence-corrected chi connectivity index (χ1v) is 7.66. The molecule has 0 spiro atoms. The molecule has 0 aliphatic heterocycles. The molecule has 2 N–H and O–H groups in total. The molecule has 0 unspecified atom stereocenters. The van der Waals surface area contributed by atoms with Gasteiger partial charge < -0.3 is 9.47 Å². The first kappa shape index (κ1) is 17.2. The highest BCUT2D eigenvalue weighted by Gasteiger charge is 2.13. The number of aromatic nitrogens is 2. The molecule has 8 heteroatoms. The summed E-state index contributed by atoms with van der Waals surface area (Å²) in [6.45, 7) is 0. The molecule has 0 saturated heterocycles. The van der Waals surface area contributed by atoms with Gasteiger partial charge >= 0.3 is 0 Å². The van der Waals surface area contributed by atoms with E-state index in [9.17, 15) is 9.59 Å². The van der Waals surface area contributed by atoms with Crippen LogP contribution in [-0.2, 0) is 0 Å². The maximum atomic E-state index is 12.3. The lowest BCUT2D eigenvalue weighted by Gasteiger charge is -2.06. The second-order valence-electron chi connectivity index (χ2n) is 5.29. The molecular formula is C18H16N4O4. The van der Waals surface area contributed by atoms with Crippen molar-refractivity contribution in [3.63, 3.8) is 0 Å². The molecule has 1 amide bonds. The molecule has 0 bridgehead atoms. The Labute approximate surface area is 148 Å². The van der Waals surface area contributed by atoms with Gasteiger partial charge in [0.15, 0.2) is 5.69 Å². The number of carbonyl (C=O) groups excluding carboxylic acids is 1. The maximum absolute atomic E-state index is 12.3. The standard InChI is InChI=1S/C18H16N4O4/c1-25-12-7-11(8-13(9-12)26-2)10-19-21-18(24)16-14-5-3-4-6-15(14)17(23)22-20-16/h3-10H,1-2H3,(H,21,24)(H,22,23)/b19-10+. The highest BCUT2D eigenvalue weighted by molar-refractivity contribution is 6.04. The lowest BCUT2D eigenvalue weighted by atomic mass is 10.1. The van der Waals surface area contributed by atoms with E-state index in [4.69, 9.17) is 9.47 Å². The van der Waals surface area contributed by atoms with Gasteiger partial charge in [-0.2, -0.15) is 10.2 Å². The van der Waals surface area contributed by atoms with Gasteiger partial charge in [-0.3, -0.25) is 9.59 Å². The molecule has 26 heavy (non-hydrogen) atoms. The molecule has 2 aromatic carbocycles. The Kier molecular flexibility index (Phi) is 4.93. The predicted octanol–water partition coefficient (Wildman–Crippen LogP) is 1.70. The summed E-state index contributed by atoms with van der Waals surface area (Å²) >= 11 is 0. The number of hydrogen-bond donors (Lipinski definition) is 2. The number of rotatable bonds is 5. The topological polar surface area (TPSA) is 106 Å². The average Bonchev–Trinajstić information content (AvgIpc) is 2.68. The molecule has 0 radical (unpaired) electrons. The number of nitrogens with one attached hydrogen (secondary N) is 2. The van der Waals surface area contributed by atoms with Crippen molar-refractivity contribution in [1.29, 1.82) is 0 Å². The van der Waals surface area contributed by atoms with Gasteiger partial charge in [-0.1, -0.05) is 18.2 Å². The number of nitrogens with zero attached hydrogens (tertiary/aromatic N) is 2. The summed E-state index contributed by atoms with van der Waals surface area (Å²) in [5.41, 5.74) is 2.81. The number of aromatic amines is 1. The fraction of sp³-hybridized carbons (Fsp3) is 0.111. The molecular weight excluding hydrogens is 336 g/mol. The van der Waals surface area contributed by atoms with Crippen molar-refractivity contribution < 1.29 is 14.3 Å². The summed E-state index contributed by atoms with van der Waals surface area (Å²) < 4.78 is 10.4. The van der Waals surface area contributed by atoms with E-state index in [1.54, 1.807) is 56.7 Å². The highest BCUT2D eigenvalue weighted by atomic mass is 16.5. The van der Waals surface area contributed by atoms with E-state index in [2.05, 4.69) is 20.7 Å². The molecule has 0 aliphatic rings. The van der Waals surface area contributed by atoms with Gasteiger partial charge in [0.25, 0.3) is 11.5 Å². The van der Waals surface area contributed by atoms with Crippen molar-refractivity contribution in [2.24, 2.45) is 5.10 Å². The van der Waals surface area contributed by atoms with E-state index >= 15 is 0 Å². The molecule has 1 aromatic heterocycles. The van der Waals surface area contributed by atoms with Crippen molar-refractivity contribution in [2.75, 3.05) is 14.2 Å². The molecule has 0 aliphatic carbocycles. The van der Waals surface area contributed by atoms with E-state index in [0.717, 1.165) is 0 Å². The summed E-state index contributed by atoms with van der Waals surface area (Å²) in [7, 11) is 3.09. The zero-order chi connectivity index (χ0) is 18.5. The van der Waals surface area contributed by atoms with Crippen LogP contribution in [0.15, 0.2) is 52.4 Å². The number of methoxy groups -OCH3 is 2. The number of fused-ring (bicyclic) bond motifs is 1. The van der Waals surface area contributed by atoms with Gasteiger partial charge in [0, 0.05) is 17.0 Å². The molecule has 3 rings (SSSR count). The summed E-state index contributed by atoms with van der Waals surface area (Å²) in [6.07, 6.45) is 1.46. The minimum atomic E-state index is -0.538. The van der Waals surface area contributed by atoms with Gasteiger partial charge in [0.05, 0.1) is 25.8 Å². The van der Waals surface area contributed by atoms with E-state index in [0.29, 0.717) is 27.8 Å². The third-order valence-corrected chi connectivity index (χ3v) is 3.66. The molecule has 0 fully saturated rings. The average molecular weight is 352 g/mol. The molecule has 0 saturated carbocycles. The van der Waals surface area contributed by atoms with Crippen molar-refractivity contribution in [3.05, 3.63) is 64.1 Å². The van der Waals surface area contributed by atoms with Crippen LogP contribution in [0.2, 0.25) is 0 Å². The minimum absolute atomic E-state index is 0.0839. The third-order valence-electron chi connectivity index (χ3n) is 3.66. The van der Waals surface area contributed by atoms with Crippen molar-refractivity contribution in [2.45, 2.75) is 0 Å². The Morgan fingerprint density at radius 1 is 1.12 bits per heavy atom. The maximum Gasteiger partial charge on any atom is 0.292 e. The number of hydrazone groups is 1. The Balaban J connectivity index is 1.83. The summed E-state index contributed by atoms with van der Waals surface area (Å²) in [6, 6.07) is 11.9. The van der Waals surface area contributed by atoms with Crippen LogP contribution in [0.25, 0.3) is 10.8 Å². The normalized spacial score (nSPS) is 10.8. The van der Waals surface area contributed by atoms with Gasteiger partial charge in [-0.05, 0) is 18.2 Å². The van der Waals surface area contributed by atoms with E-state index in [-0.39, 0.29) is 11.3 Å². The fourth-order valence-electron chi connectivity index (χ4n) is 2.41. The van der Waals surface area contributed by atoms with Crippen LogP contribution in [0, 0.1) is 0 Å². The Morgan fingerprint density at radius 2 is 1.77 bits per heavy atom. The van der Waals surface area contributed by atoms with Crippen LogP contribution in [-0.4, -0.2) is 36.5 Å². The highest BCUT2D eigenvalue weighted by Crippen LogP contribution is 2.21. The SMILES string of the molecule is COc1cc(/C=N/NC(=O)c2n[nH]c(=O)c3ccccc23)cc(OC)c1. The smallest absolute Gasteiger partial charge is 0.292 e. The Bertz CT molecular complexity index is 1020. The second-order valence-corrected chi connectivity index (χ2v) is 5.29. The monoisotopic (exact) mass is 352 g/mol. The minimum Gasteiger partial charge on any atom is -0.497 e. The van der Waals surface area contributed by atoms with Crippen LogP contribution in [0.3, 0.4) is 0 Å². The van der Waals surface area contributed by atoms with Crippen LogP contribution in [0.1, 0.15) is 16.1 Å². The second kappa shape index (κ2) is 7.47. The summed E-state index contributed by atoms with van der Waals surface area (Å²) in [5, 5.41) is 10.9. The summed E-state index contributed by atoms with van der Waals surface area (Å²) in [5.74, 6) is 0.666. The Hall–Kier alpha value is -3.68. The largest absolute Gasteiger partial charge is 0.497 e. The Morgan fingerprint density at radius 3 is 2.42 bits per heavy atom. The number of ether oxygens (including phenoxy) is 2. The van der Waals surface area contributed by atoms with Crippen molar-refractivity contribution >= 4 is 22.9 Å². The molecule has 132 valence electrons. The van der Waals surface area contributed by atoms with E-state index in [1.807, 2.05) is 0 Å². The number of H-pyrrole nitrogens is 1. The van der Waals surface area contributed by atoms with Gasteiger partial charge in [0.1, 0.15) is 11.5 Å². The molecule has 3 aromatic rings. The van der Waals surface area contributed by atoms with Crippen LogP contribution >= 0.6 is 0 Å². The lowest BCUT2D eigenvalue weighted by Crippen LogP contribution is -2.22. The number of hydrogen-bond acceptors (Lipinski definition) is 6. The van der Waals surface area contributed by atoms with Crippen LogP contribution < -0.4 is 20.5 Å². The van der Waals surface area contributed by atoms with Gasteiger partial charge in [-0.15, -0.1) is 0 Å². The molecule has 1 heterocycles. The number of amides is 1. The lowest BCUT2D eigenvalue weighted by molar-refractivity contribution is 0.0951. The number of carbonyl (C=O) groups is 1. The summed E-state index contributed by atoms with van der Waals surface area (Å²) in [4.78, 5) is 24.1. The first-order chi connectivity index (χ1) is 12.6. The third kappa shape index (κ3) is 3.54. The van der Waals surface area contributed by atoms with Crippen molar-refractivity contribution in [3.8, 4) is 11.5 Å². The van der Waals surface area contributed by atoms with Gasteiger partial charge in [-0.25, -0.2) is 10.5 Å². The predicted molar refractivity (Wildman–Crippen MR) is 97.0 cm³/mol. The fourth-order valence-corrected chi connectivity index (χ4v) is 2.41. The molecule has 8 nitrogen and oxygen atoms in total.